The summed E-state index contributed by atoms with van der Waals surface area (Å²) in [4.78, 5) is 0. The molecule has 0 saturated carbocycles. The van der Waals surface area contributed by atoms with Crippen molar-refractivity contribution in [1.29, 1.82) is 0 Å². The van der Waals surface area contributed by atoms with E-state index in [-0.39, 0.29) is 12.3 Å². The first-order valence-electron chi connectivity index (χ1n) is 9.07. The molecular weight excluding hydrogens is 274 g/mol. The van der Waals surface area contributed by atoms with Crippen LogP contribution in [-0.4, -0.2) is 36.0 Å². The fraction of sp³-hybridized carbons (Fsp3) is 0.778. The summed E-state index contributed by atoms with van der Waals surface area (Å²) in [6.07, 6.45) is 10.6. The summed E-state index contributed by atoms with van der Waals surface area (Å²) in [5.41, 5.74) is 4.73. The molecule has 2 bridgehead atoms. The highest BCUT2D eigenvalue weighted by Gasteiger charge is 2.52. The summed E-state index contributed by atoms with van der Waals surface area (Å²) < 4.78 is 0. The van der Waals surface area contributed by atoms with E-state index in [0.717, 1.165) is 19.4 Å². The van der Waals surface area contributed by atoms with Crippen LogP contribution in [0.2, 0.25) is 0 Å². The topological polar surface area (TPSA) is 56.3 Å². The largest absolute Gasteiger partial charge is 0.396 e. The van der Waals surface area contributed by atoms with E-state index < -0.39 is 0 Å². The van der Waals surface area contributed by atoms with Crippen molar-refractivity contribution in [3.05, 3.63) is 22.9 Å². The number of hydrogen-bond acceptors (Lipinski definition) is 4. The van der Waals surface area contributed by atoms with Gasteiger partial charge in [-0.3, -0.25) is 5.32 Å². The molecular formula is C18H29N3O. The van der Waals surface area contributed by atoms with Gasteiger partial charge in [0.05, 0.1) is 5.66 Å². The predicted molar refractivity (Wildman–Crippen MR) is 88.3 cm³/mol. The molecule has 4 rings (SSSR count). The van der Waals surface area contributed by atoms with E-state index in [4.69, 9.17) is 0 Å². The third kappa shape index (κ3) is 2.24. The average Bonchev–Trinajstić information content (AvgIpc) is 2.74. The smallest absolute Gasteiger partial charge is 0.0952 e. The molecule has 2 fully saturated rings. The molecule has 0 aliphatic carbocycles. The lowest BCUT2D eigenvalue weighted by molar-refractivity contribution is 0.103. The summed E-state index contributed by atoms with van der Waals surface area (Å²) in [6, 6.07) is 0.938. The Balaban J connectivity index is 1.65. The van der Waals surface area contributed by atoms with Gasteiger partial charge in [-0.1, -0.05) is 6.08 Å². The molecule has 122 valence electrons. The van der Waals surface area contributed by atoms with Crippen LogP contribution in [0, 0.1) is 5.92 Å². The third-order valence-corrected chi connectivity index (χ3v) is 6.12. The van der Waals surface area contributed by atoms with E-state index in [1.165, 1.54) is 37.8 Å². The Labute approximate surface area is 133 Å². The molecule has 4 atom stereocenters. The molecule has 4 aliphatic heterocycles. The number of aliphatic hydroxyl groups is 1. The molecule has 4 heteroatoms. The van der Waals surface area contributed by atoms with E-state index in [0.29, 0.717) is 18.0 Å². The zero-order valence-electron chi connectivity index (χ0n) is 13.6. The van der Waals surface area contributed by atoms with Crippen molar-refractivity contribution < 1.29 is 5.11 Å². The van der Waals surface area contributed by atoms with E-state index in [1.54, 1.807) is 11.1 Å². The van der Waals surface area contributed by atoms with Gasteiger partial charge in [-0.15, -0.1) is 0 Å². The molecule has 0 amide bonds. The van der Waals surface area contributed by atoms with Crippen LogP contribution < -0.4 is 16.0 Å². The lowest BCUT2D eigenvalue weighted by Gasteiger charge is -2.47. The van der Waals surface area contributed by atoms with E-state index in [9.17, 15) is 5.11 Å². The first-order valence-corrected chi connectivity index (χ1v) is 9.07. The minimum absolute atomic E-state index is 0.0685. The standard InChI is InChI=1S/C18H29N3O/c1-12-14(4-3-10-19-12)17-15-7-6-13(8-11-22)20-18(15)9-2-5-16(17)21-18/h4,12-13,15,19-22H,2-3,5-11H2,1H3/t12-,13?,15?,18?/m1/s1. The lowest BCUT2D eigenvalue weighted by atomic mass is 9.74. The van der Waals surface area contributed by atoms with Crippen LogP contribution in [0.5, 0.6) is 0 Å². The minimum atomic E-state index is 0.0685. The molecule has 4 N–H and O–H groups in total. The highest BCUT2D eigenvalue weighted by molar-refractivity contribution is 5.48. The van der Waals surface area contributed by atoms with Gasteiger partial charge in [0.1, 0.15) is 0 Å². The molecule has 0 radical (unpaired) electrons. The molecule has 4 heterocycles. The van der Waals surface area contributed by atoms with Gasteiger partial charge >= 0.3 is 0 Å². The second-order valence-electron chi connectivity index (χ2n) is 7.45. The lowest BCUT2D eigenvalue weighted by Crippen LogP contribution is -2.65. The first-order chi connectivity index (χ1) is 10.7. The van der Waals surface area contributed by atoms with Crippen molar-refractivity contribution in [2.24, 2.45) is 5.92 Å². The first kappa shape index (κ1) is 14.7. The number of rotatable bonds is 3. The van der Waals surface area contributed by atoms with Gasteiger partial charge < -0.3 is 15.7 Å². The van der Waals surface area contributed by atoms with Crippen molar-refractivity contribution in [1.82, 2.24) is 16.0 Å². The van der Waals surface area contributed by atoms with E-state index in [2.05, 4.69) is 29.0 Å². The summed E-state index contributed by atoms with van der Waals surface area (Å²) in [5, 5.41) is 20.7. The van der Waals surface area contributed by atoms with Crippen molar-refractivity contribution in [2.45, 2.75) is 69.6 Å². The Hall–Kier alpha value is -0.840. The van der Waals surface area contributed by atoms with Crippen molar-refractivity contribution in [2.75, 3.05) is 13.2 Å². The van der Waals surface area contributed by atoms with Gasteiger partial charge in [-0.2, -0.15) is 0 Å². The van der Waals surface area contributed by atoms with Crippen LogP contribution in [0.4, 0.5) is 0 Å². The van der Waals surface area contributed by atoms with Crippen molar-refractivity contribution in [3.8, 4) is 0 Å². The number of allylic oxidation sites excluding steroid dienone is 1. The Morgan fingerprint density at radius 1 is 1.36 bits per heavy atom. The Bertz CT molecular complexity index is 512. The highest BCUT2D eigenvalue weighted by atomic mass is 16.3. The maximum Gasteiger partial charge on any atom is 0.0952 e. The van der Waals surface area contributed by atoms with Crippen LogP contribution in [0.1, 0.15) is 51.9 Å². The Morgan fingerprint density at radius 3 is 3.09 bits per heavy atom. The minimum Gasteiger partial charge on any atom is -0.396 e. The number of fused-ring (bicyclic) bond motifs is 1. The molecule has 4 nitrogen and oxygen atoms in total. The predicted octanol–water partition coefficient (Wildman–Crippen LogP) is 1.78. The molecule has 0 aromatic heterocycles. The summed E-state index contributed by atoms with van der Waals surface area (Å²) >= 11 is 0. The maximum atomic E-state index is 9.28. The van der Waals surface area contributed by atoms with E-state index in [1.807, 2.05) is 0 Å². The SMILES string of the molecule is C[C@H]1NCCC=C1C1=C2CCCC3(N2)NC(CCO)CCC13. The number of piperidine rings is 2. The quantitative estimate of drug-likeness (QED) is 0.642. The van der Waals surface area contributed by atoms with Crippen molar-refractivity contribution >= 4 is 0 Å². The summed E-state index contributed by atoms with van der Waals surface area (Å²) in [7, 11) is 0. The number of nitrogens with one attached hydrogen (secondary N) is 3. The molecule has 1 spiro atoms. The molecule has 0 aromatic carbocycles. The zero-order chi connectivity index (χ0) is 15.2. The van der Waals surface area contributed by atoms with Gasteiger partial charge in [0, 0.05) is 30.3 Å². The van der Waals surface area contributed by atoms with Gasteiger partial charge in [0.2, 0.25) is 0 Å². The Morgan fingerprint density at radius 2 is 2.27 bits per heavy atom. The molecule has 22 heavy (non-hydrogen) atoms. The van der Waals surface area contributed by atoms with Gasteiger partial charge in [-0.25, -0.2) is 0 Å². The highest BCUT2D eigenvalue weighted by Crippen LogP contribution is 2.49. The summed E-state index contributed by atoms with van der Waals surface area (Å²) in [5.74, 6) is 0.605. The maximum absolute atomic E-state index is 9.28. The fourth-order valence-corrected chi connectivity index (χ4v) is 5.17. The van der Waals surface area contributed by atoms with E-state index >= 15 is 0 Å². The van der Waals surface area contributed by atoms with Crippen LogP contribution in [0.25, 0.3) is 0 Å². The van der Waals surface area contributed by atoms with Crippen LogP contribution in [0.15, 0.2) is 22.9 Å². The van der Waals surface area contributed by atoms with Crippen LogP contribution >= 0.6 is 0 Å². The number of aliphatic hydroxyl groups excluding tert-OH is 1. The number of hydrogen-bond donors (Lipinski definition) is 4. The normalized spacial score (nSPS) is 41.0. The third-order valence-electron chi connectivity index (χ3n) is 6.12. The van der Waals surface area contributed by atoms with Gasteiger partial charge in [0.25, 0.3) is 0 Å². The molecule has 0 aromatic rings. The van der Waals surface area contributed by atoms with Gasteiger partial charge in [-0.05, 0) is 69.6 Å². The average molecular weight is 303 g/mol. The second-order valence-corrected chi connectivity index (χ2v) is 7.45. The second kappa shape index (κ2) is 5.66. The monoisotopic (exact) mass is 303 g/mol. The van der Waals surface area contributed by atoms with Crippen LogP contribution in [-0.2, 0) is 0 Å². The van der Waals surface area contributed by atoms with Gasteiger partial charge in [0.15, 0.2) is 0 Å². The molecule has 2 saturated heterocycles. The van der Waals surface area contributed by atoms with Crippen molar-refractivity contribution in [3.63, 3.8) is 0 Å². The molecule has 3 unspecified atom stereocenters. The fourth-order valence-electron chi connectivity index (χ4n) is 5.17. The molecule has 4 aliphatic rings. The Kier molecular flexibility index (Phi) is 3.79. The van der Waals surface area contributed by atoms with Crippen LogP contribution in [0.3, 0.4) is 0 Å². The summed E-state index contributed by atoms with van der Waals surface area (Å²) in [6.45, 7) is 3.70. The zero-order valence-corrected chi connectivity index (χ0v) is 13.6.